The topological polar surface area (TPSA) is 110 Å². The minimum absolute atomic E-state index is 0.177. The molecule has 0 spiro atoms. The molecule has 4 rings (SSSR count). The number of carbonyl (C=O) groups is 2. The monoisotopic (exact) mass is 447 g/mol. The first-order chi connectivity index (χ1) is 16.0. The Kier molecular flexibility index (Phi) is 8.13. The van der Waals surface area contributed by atoms with Gasteiger partial charge >= 0.3 is 5.97 Å². The van der Waals surface area contributed by atoms with Crippen molar-refractivity contribution in [2.45, 2.75) is 25.9 Å². The summed E-state index contributed by atoms with van der Waals surface area (Å²) in [6.07, 6.45) is 5.62. The average molecular weight is 447 g/mol. The number of carbonyl (C=O) groups excluding carboxylic acids is 2. The first-order valence-corrected chi connectivity index (χ1v) is 10.5. The lowest BCUT2D eigenvalue weighted by molar-refractivity contribution is -0.120. The molecule has 0 bridgehead atoms. The number of ether oxygens (including phenoxy) is 2. The van der Waals surface area contributed by atoms with Gasteiger partial charge in [0.05, 0.1) is 42.9 Å². The number of hydrogen-bond acceptors (Lipinski definition) is 7. The molecule has 33 heavy (non-hydrogen) atoms. The van der Waals surface area contributed by atoms with Crippen molar-refractivity contribution in [2.75, 3.05) is 20.2 Å². The SMILES string of the molecule is COC(=O)c1ccc(C#N)c(OC2CCCN(C=O)C2)c1.Cc1ccccc1-n1nccn1. The Morgan fingerprint density at radius 2 is 1.97 bits per heavy atom. The fraction of sp³-hybridized carbons (Fsp3) is 0.292. The van der Waals surface area contributed by atoms with Crippen LogP contribution in [0.5, 0.6) is 5.75 Å². The smallest absolute Gasteiger partial charge is 0.337 e. The number of nitrogens with zero attached hydrogens (tertiary/aromatic N) is 5. The molecule has 3 aromatic rings. The van der Waals surface area contributed by atoms with Gasteiger partial charge in [-0.2, -0.15) is 20.3 Å². The summed E-state index contributed by atoms with van der Waals surface area (Å²) in [6.45, 7) is 3.24. The second-order valence-electron chi connectivity index (χ2n) is 7.40. The Balaban J connectivity index is 0.000000215. The van der Waals surface area contributed by atoms with Crippen molar-refractivity contribution in [2.24, 2.45) is 0 Å². The van der Waals surface area contributed by atoms with Crippen LogP contribution in [0.2, 0.25) is 0 Å². The molecule has 1 fully saturated rings. The molecule has 1 aliphatic heterocycles. The van der Waals surface area contributed by atoms with Crippen molar-refractivity contribution in [3.63, 3.8) is 0 Å². The Hall–Kier alpha value is -4.19. The summed E-state index contributed by atoms with van der Waals surface area (Å²) < 4.78 is 10.5. The van der Waals surface area contributed by atoms with E-state index in [-0.39, 0.29) is 6.10 Å². The summed E-state index contributed by atoms with van der Waals surface area (Å²) in [5.41, 5.74) is 2.89. The van der Waals surface area contributed by atoms with Crippen LogP contribution in [-0.4, -0.2) is 58.6 Å². The van der Waals surface area contributed by atoms with E-state index in [4.69, 9.17) is 10.00 Å². The van der Waals surface area contributed by atoms with E-state index in [1.165, 1.54) is 30.9 Å². The number of aryl methyl sites for hydroxylation is 1. The highest BCUT2D eigenvalue weighted by Crippen LogP contribution is 2.24. The highest BCUT2D eigenvalue weighted by Gasteiger charge is 2.22. The van der Waals surface area contributed by atoms with Crippen molar-refractivity contribution >= 4 is 12.4 Å². The zero-order valence-electron chi connectivity index (χ0n) is 18.5. The predicted octanol–water partition coefficient (Wildman–Crippen LogP) is 2.92. The Morgan fingerprint density at radius 3 is 2.64 bits per heavy atom. The number of likely N-dealkylation sites (tertiary alicyclic amines) is 1. The van der Waals surface area contributed by atoms with E-state index in [0.717, 1.165) is 31.5 Å². The van der Waals surface area contributed by atoms with Gasteiger partial charge in [-0.05, 0) is 49.6 Å². The molecule has 1 saturated heterocycles. The Bertz CT molecular complexity index is 1120. The average Bonchev–Trinajstić information content (AvgIpc) is 3.39. The highest BCUT2D eigenvalue weighted by atomic mass is 16.5. The fourth-order valence-electron chi connectivity index (χ4n) is 3.42. The van der Waals surface area contributed by atoms with Gasteiger partial charge < -0.3 is 14.4 Å². The zero-order valence-corrected chi connectivity index (χ0v) is 18.5. The van der Waals surface area contributed by atoms with Crippen molar-refractivity contribution in [3.8, 4) is 17.5 Å². The quantitative estimate of drug-likeness (QED) is 0.437. The summed E-state index contributed by atoms with van der Waals surface area (Å²) >= 11 is 0. The molecule has 1 aliphatic rings. The summed E-state index contributed by atoms with van der Waals surface area (Å²) in [5, 5.41) is 17.2. The lowest BCUT2D eigenvalue weighted by atomic mass is 10.1. The van der Waals surface area contributed by atoms with Gasteiger partial charge in [0.25, 0.3) is 0 Å². The van der Waals surface area contributed by atoms with E-state index < -0.39 is 5.97 Å². The molecule has 9 nitrogen and oxygen atoms in total. The third-order valence-electron chi connectivity index (χ3n) is 5.13. The molecule has 1 amide bonds. The van der Waals surface area contributed by atoms with E-state index >= 15 is 0 Å². The summed E-state index contributed by atoms with van der Waals surface area (Å²) in [4.78, 5) is 25.6. The van der Waals surface area contributed by atoms with E-state index in [9.17, 15) is 9.59 Å². The van der Waals surface area contributed by atoms with Crippen LogP contribution in [0.25, 0.3) is 5.69 Å². The maximum Gasteiger partial charge on any atom is 0.337 e. The zero-order chi connectivity index (χ0) is 23.6. The number of benzene rings is 2. The summed E-state index contributed by atoms with van der Waals surface area (Å²) in [7, 11) is 1.30. The minimum Gasteiger partial charge on any atom is -0.487 e. The molecule has 2 aromatic carbocycles. The number of rotatable bonds is 5. The van der Waals surface area contributed by atoms with Gasteiger partial charge in [0.1, 0.15) is 17.9 Å². The molecular weight excluding hydrogens is 422 g/mol. The number of aromatic nitrogens is 3. The number of amides is 1. The van der Waals surface area contributed by atoms with Gasteiger partial charge in [-0.3, -0.25) is 4.79 Å². The van der Waals surface area contributed by atoms with Gasteiger partial charge in [-0.15, -0.1) is 0 Å². The molecule has 2 heterocycles. The largest absolute Gasteiger partial charge is 0.487 e. The van der Waals surface area contributed by atoms with Crippen LogP contribution < -0.4 is 4.74 Å². The van der Waals surface area contributed by atoms with Crippen LogP contribution in [0.4, 0.5) is 0 Å². The lowest BCUT2D eigenvalue weighted by Crippen LogP contribution is -2.40. The number of para-hydroxylation sites is 1. The van der Waals surface area contributed by atoms with E-state index in [0.29, 0.717) is 23.4 Å². The van der Waals surface area contributed by atoms with Crippen LogP contribution in [-0.2, 0) is 9.53 Å². The maximum atomic E-state index is 11.5. The summed E-state index contributed by atoms with van der Waals surface area (Å²) in [5.74, 6) is -0.138. The first kappa shape index (κ1) is 23.5. The van der Waals surface area contributed by atoms with E-state index in [2.05, 4.69) is 14.9 Å². The predicted molar refractivity (Wildman–Crippen MR) is 120 cm³/mol. The standard InChI is InChI=1S/C15H16N2O4.C9H9N3/c1-20-15(19)11-4-5-12(8-16)14(7-11)21-13-3-2-6-17(9-13)10-18;1-8-4-2-3-5-9(8)12-10-6-7-11-12/h4-5,7,10,13H,2-3,6,9H2,1H3;2-7H,1H3. The van der Waals surface area contributed by atoms with Crippen molar-refractivity contribution in [3.05, 3.63) is 71.5 Å². The van der Waals surface area contributed by atoms with Gasteiger partial charge in [0, 0.05) is 6.54 Å². The van der Waals surface area contributed by atoms with Crippen molar-refractivity contribution < 1.29 is 19.1 Å². The minimum atomic E-state index is -0.484. The van der Waals surface area contributed by atoms with E-state index in [1.54, 1.807) is 22.1 Å². The van der Waals surface area contributed by atoms with Crippen LogP contribution in [0.15, 0.2) is 54.9 Å². The number of piperidine rings is 1. The van der Waals surface area contributed by atoms with Crippen LogP contribution in [0.3, 0.4) is 0 Å². The molecule has 1 aromatic heterocycles. The fourth-order valence-corrected chi connectivity index (χ4v) is 3.42. The van der Waals surface area contributed by atoms with Gasteiger partial charge in [-0.1, -0.05) is 18.2 Å². The van der Waals surface area contributed by atoms with Gasteiger partial charge in [0.2, 0.25) is 6.41 Å². The second kappa shape index (κ2) is 11.4. The Labute approximate surface area is 192 Å². The van der Waals surface area contributed by atoms with Crippen LogP contribution in [0, 0.1) is 18.3 Å². The molecule has 1 atom stereocenters. The van der Waals surface area contributed by atoms with Gasteiger partial charge in [-0.25, -0.2) is 4.79 Å². The molecule has 0 N–H and O–H groups in total. The number of esters is 1. The maximum absolute atomic E-state index is 11.5. The van der Waals surface area contributed by atoms with Crippen LogP contribution >= 0.6 is 0 Å². The molecule has 9 heteroatoms. The molecular formula is C24H25N5O4. The van der Waals surface area contributed by atoms with Crippen molar-refractivity contribution in [1.29, 1.82) is 5.26 Å². The number of nitriles is 1. The third kappa shape index (κ3) is 6.17. The van der Waals surface area contributed by atoms with Crippen LogP contribution in [0.1, 0.15) is 34.3 Å². The molecule has 0 saturated carbocycles. The van der Waals surface area contributed by atoms with Gasteiger partial charge in [0.15, 0.2) is 0 Å². The molecule has 0 radical (unpaired) electrons. The number of hydrogen-bond donors (Lipinski definition) is 0. The third-order valence-corrected chi connectivity index (χ3v) is 5.13. The first-order valence-electron chi connectivity index (χ1n) is 10.5. The summed E-state index contributed by atoms with van der Waals surface area (Å²) in [6, 6.07) is 14.6. The number of methoxy groups -OCH3 is 1. The molecule has 170 valence electrons. The molecule has 1 unspecified atom stereocenters. The normalized spacial score (nSPS) is 14.9. The Morgan fingerprint density at radius 1 is 1.21 bits per heavy atom. The van der Waals surface area contributed by atoms with E-state index in [1.807, 2.05) is 37.3 Å². The molecule has 0 aliphatic carbocycles. The lowest BCUT2D eigenvalue weighted by Gasteiger charge is -2.30. The highest BCUT2D eigenvalue weighted by molar-refractivity contribution is 5.90. The second-order valence-corrected chi connectivity index (χ2v) is 7.40. The van der Waals surface area contributed by atoms with Crippen molar-refractivity contribution in [1.82, 2.24) is 19.9 Å².